The van der Waals surface area contributed by atoms with E-state index in [-0.39, 0.29) is 12.0 Å². The van der Waals surface area contributed by atoms with Gasteiger partial charge in [-0.3, -0.25) is 0 Å². The van der Waals surface area contributed by atoms with Crippen molar-refractivity contribution in [2.75, 3.05) is 0 Å². The molecule has 0 spiro atoms. The molecule has 0 fully saturated rings. The SMILES string of the molecule is Cc1cc2c(cc1C)[C@H](O)[C@H](C)C=C2. The predicted molar refractivity (Wildman–Crippen MR) is 59.1 cm³/mol. The number of benzene rings is 1. The Morgan fingerprint density at radius 1 is 1.14 bits per heavy atom. The van der Waals surface area contributed by atoms with Gasteiger partial charge in [-0.2, -0.15) is 0 Å². The van der Waals surface area contributed by atoms with Crippen LogP contribution in [0.5, 0.6) is 0 Å². The molecule has 0 aromatic heterocycles. The van der Waals surface area contributed by atoms with Gasteiger partial charge < -0.3 is 5.11 Å². The van der Waals surface area contributed by atoms with Crippen LogP contribution in [-0.4, -0.2) is 5.11 Å². The van der Waals surface area contributed by atoms with Gasteiger partial charge in [-0.15, -0.1) is 0 Å². The Kier molecular flexibility index (Phi) is 2.20. The summed E-state index contributed by atoms with van der Waals surface area (Å²) < 4.78 is 0. The first-order chi connectivity index (χ1) is 6.59. The third-order valence-corrected chi connectivity index (χ3v) is 3.10. The largest absolute Gasteiger partial charge is 0.388 e. The zero-order valence-corrected chi connectivity index (χ0v) is 8.91. The number of hydrogen-bond acceptors (Lipinski definition) is 1. The van der Waals surface area contributed by atoms with Gasteiger partial charge in [-0.1, -0.05) is 31.2 Å². The molecule has 2 rings (SSSR count). The summed E-state index contributed by atoms with van der Waals surface area (Å²) in [5.74, 6) is 0.226. The highest BCUT2D eigenvalue weighted by Crippen LogP contribution is 2.33. The fourth-order valence-electron chi connectivity index (χ4n) is 1.91. The second-order valence-corrected chi connectivity index (χ2v) is 4.23. The molecule has 0 aliphatic heterocycles. The lowest BCUT2D eigenvalue weighted by Crippen LogP contribution is -2.12. The van der Waals surface area contributed by atoms with E-state index in [1.165, 1.54) is 16.7 Å². The van der Waals surface area contributed by atoms with Gasteiger partial charge in [0.2, 0.25) is 0 Å². The summed E-state index contributed by atoms with van der Waals surface area (Å²) in [5.41, 5.74) is 4.78. The van der Waals surface area contributed by atoms with Crippen LogP contribution in [0.15, 0.2) is 18.2 Å². The smallest absolute Gasteiger partial charge is 0.0855 e. The van der Waals surface area contributed by atoms with E-state index in [4.69, 9.17) is 0 Å². The lowest BCUT2D eigenvalue weighted by molar-refractivity contribution is 0.138. The topological polar surface area (TPSA) is 20.2 Å². The molecule has 1 heteroatoms. The van der Waals surface area contributed by atoms with E-state index in [1.54, 1.807) is 0 Å². The van der Waals surface area contributed by atoms with E-state index in [2.05, 4.69) is 38.1 Å². The quantitative estimate of drug-likeness (QED) is 0.663. The maximum Gasteiger partial charge on any atom is 0.0855 e. The summed E-state index contributed by atoms with van der Waals surface area (Å²) in [4.78, 5) is 0. The van der Waals surface area contributed by atoms with Crippen molar-refractivity contribution in [2.45, 2.75) is 26.9 Å². The Morgan fingerprint density at radius 3 is 2.50 bits per heavy atom. The van der Waals surface area contributed by atoms with Crippen LogP contribution >= 0.6 is 0 Å². The van der Waals surface area contributed by atoms with Crippen molar-refractivity contribution in [1.82, 2.24) is 0 Å². The van der Waals surface area contributed by atoms with Gasteiger partial charge in [-0.05, 0) is 36.1 Å². The Morgan fingerprint density at radius 2 is 1.79 bits per heavy atom. The van der Waals surface area contributed by atoms with Crippen molar-refractivity contribution in [2.24, 2.45) is 5.92 Å². The second kappa shape index (κ2) is 3.25. The van der Waals surface area contributed by atoms with Crippen molar-refractivity contribution in [3.05, 3.63) is 40.5 Å². The molecule has 0 heterocycles. The summed E-state index contributed by atoms with van der Waals surface area (Å²) in [6.07, 6.45) is 3.84. The highest BCUT2D eigenvalue weighted by atomic mass is 16.3. The highest BCUT2D eigenvalue weighted by molar-refractivity contribution is 5.60. The van der Waals surface area contributed by atoms with Gasteiger partial charge in [-0.25, -0.2) is 0 Å². The number of aryl methyl sites for hydroxylation is 2. The molecular formula is C13H16O. The summed E-state index contributed by atoms with van der Waals surface area (Å²) in [6, 6.07) is 4.26. The summed E-state index contributed by atoms with van der Waals surface area (Å²) in [6.45, 7) is 6.23. The van der Waals surface area contributed by atoms with Crippen molar-refractivity contribution in [3.63, 3.8) is 0 Å². The minimum Gasteiger partial charge on any atom is -0.388 e. The fraction of sp³-hybridized carbons (Fsp3) is 0.385. The third kappa shape index (κ3) is 1.38. The Balaban J connectivity index is 2.58. The fourth-order valence-corrected chi connectivity index (χ4v) is 1.91. The predicted octanol–water partition coefficient (Wildman–Crippen LogP) is 3.00. The van der Waals surface area contributed by atoms with Crippen LogP contribution < -0.4 is 0 Å². The summed E-state index contributed by atoms with van der Waals surface area (Å²) in [5, 5.41) is 9.99. The Hall–Kier alpha value is -1.08. The van der Waals surface area contributed by atoms with E-state index < -0.39 is 0 Å². The van der Waals surface area contributed by atoms with Crippen LogP contribution in [0.3, 0.4) is 0 Å². The number of aliphatic hydroxyl groups is 1. The first-order valence-electron chi connectivity index (χ1n) is 5.07. The van der Waals surface area contributed by atoms with Gasteiger partial charge in [0.1, 0.15) is 0 Å². The molecule has 0 unspecified atom stereocenters. The first-order valence-corrected chi connectivity index (χ1v) is 5.07. The second-order valence-electron chi connectivity index (χ2n) is 4.23. The highest BCUT2D eigenvalue weighted by Gasteiger charge is 2.20. The van der Waals surface area contributed by atoms with Gasteiger partial charge in [0.25, 0.3) is 0 Å². The molecule has 0 saturated carbocycles. The standard InChI is InChI=1S/C13H16O/c1-8-4-5-11-6-9(2)10(3)7-12(11)13(8)14/h4-8,13-14H,1-3H3/t8-,13-/m1/s1. The van der Waals surface area contributed by atoms with E-state index in [0.717, 1.165) is 5.56 Å². The van der Waals surface area contributed by atoms with Gasteiger partial charge in [0, 0.05) is 5.92 Å². The minimum absolute atomic E-state index is 0.226. The van der Waals surface area contributed by atoms with E-state index in [9.17, 15) is 5.11 Å². The maximum absolute atomic E-state index is 9.99. The van der Waals surface area contributed by atoms with E-state index >= 15 is 0 Å². The van der Waals surface area contributed by atoms with Gasteiger partial charge in [0.05, 0.1) is 6.10 Å². The maximum atomic E-state index is 9.99. The van der Waals surface area contributed by atoms with E-state index in [1.807, 2.05) is 6.92 Å². The molecule has 14 heavy (non-hydrogen) atoms. The molecule has 2 atom stereocenters. The number of rotatable bonds is 0. The molecule has 1 aromatic carbocycles. The molecule has 1 aliphatic rings. The molecule has 1 aliphatic carbocycles. The minimum atomic E-state index is -0.339. The number of fused-ring (bicyclic) bond motifs is 1. The molecule has 0 bridgehead atoms. The Labute approximate surface area is 85.1 Å². The van der Waals surface area contributed by atoms with Gasteiger partial charge in [0.15, 0.2) is 0 Å². The van der Waals surface area contributed by atoms with Crippen molar-refractivity contribution in [1.29, 1.82) is 0 Å². The van der Waals surface area contributed by atoms with Crippen LogP contribution in [0, 0.1) is 19.8 Å². The normalized spacial score (nSPS) is 24.9. The number of hydrogen-bond donors (Lipinski definition) is 1. The summed E-state index contributed by atoms with van der Waals surface area (Å²) in [7, 11) is 0. The first kappa shape index (κ1) is 9.47. The molecule has 0 amide bonds. The molecule has 74 valence electrons. The summed E-state index contributed by atoms with van der Waals surface area (Å²) >= 11 is 0. The molecule has 0 saturated heterocycles. The van der Waals surface area contributed by atoms with Crippen LogP contribution in [-0.2, 0) is 0 Å². The zero-order chi connectivity index (χ0) is 10.3. The van der Waals surface area contributed by atoms with Crippen molar-refractivity contribution >= 4 is 6.08 Å². The lowest BCUT2D eigenvalue weighted by Gasteiger charge is -2.23. The monoisotopic (exact) mass is 188 g/mol. The zero-order valence-electron chi connectivity index (χ0n) is 8.91. The van der Waals surface area contributed by atoms with Gasteiger partial charge >= 0.3 is 0 Å². The lowest BCUT2D eigenvalue weighted by atomic mass is 9.86. The molecule has 0 radical (unpaired) electrons. The van der Waals surface area contributed by atoms with Crippen molar-refractivity contribution in [3.8, 4) is 0 Å². The van der Waals surface area contributed by atoms with Crippen LogP contribution in [0.2, 0.25) is 0 Å². The van der Waals surface area contributed by atoms with Crippen LogP contribution in [0.1, 0.15) is 35.3 Å². The molecule has 1 aromatic rings. The molecular weight excluding hydrogens is 172 g/mol. The molecule has 1 N–H and O–H groups in total. The average Bonchev–Trinajstić information content (AvgIpc) is 2.15. The number of aliphatic hydroxyl groups excluding tert-OH is 1. The van der Waals surface area contributed by atoms with Crippen LogP contribution in [0.25, 0.3) is 6.08 Å². The van der Waals surface area contributed by atoms with E-state index in [0.29, 0.717) is 0 Å². The molecule has 1 nitrogen and oxygen atoms in total. The van der Waals surface area contributed by atoms with Crippen molar-refractivity contribution < 1.29 is 5.11 Å². The Bertz CT molecular complexity index is 390. The van der Waals surface area contributed by atoms with Crippen LogP contribution in [0.4, 0.5) is 0 Å². The average molecular weight is 188 g/mol. The third-order valence-electron chi connectivity index (χ3n) is 3.10.